The summed E-state index contributed by atoms with van der Waals surface area (Å²) in [4.78, 5) is 16.2. The van der Waals surface area contributed by atoms with Gasteiger partial charge >= 0.3 is 0 Å². The summed E-state index contributed by atoms with van der Waals surface area (Å²) in [6, 6.07) is 10.9. The van der Waals surface area contributed by atoms with E-state index < -0.39 is 15.9 Å². The number of hydroxylamine groups is 1. The maximum Gasteiger partial charge on any atom is 0.274 e. The SMILES string of the molecule is CONC(=O)c1ccc(S(=O)(=O)Nc2ccc(C)c(C)c2)cc1. The van der Waals surface area contributed by atoms with Crippen molar-refractivity contribution >= 4 is 21.6 Å². The Hall–Kier alpha value is -2.38. The Balaban J connectivity index is 2.22. The second kappa shape index (κ2) is 6.80. The molecular weight excluding hydrogens is 316 g/mol. The summed E-state index contributed by atoms with van der Waals surface area (Å²) in [5.41, 5.74) is 5.05. The van der Waals surface area contributed by atoms with Crippen molar-refractivity contribution in [3.63, 3.8) is 0 Å². The van der Waals surface area contributed by atoms with E-state index in [4.69, 9.17) is 0 Å². The zero-order valence-electron chi connectivity index (χ0n) is 13.1. The Morgan fingerprint density at radius 1 is 1.00 bits per heavy atom. The van der Waals surface area contributed by atoms with Gasteiger partial charge in [0, 0.05) is 11.3 Å². The highest BCUT2D eigenvalue weighted by molar-refractivity contribution is 7.92. The van der Waals surface area contributed by atoms with E-state index in [-0.39, 0.29) is 4.90 Å². The molecule has 23 heavy (non-hydrogen) atoms. The zero-order valence-corrected chi connectivity index (χ0v) is 13.9. The number of rotatable bonds is 5. The second-order valence-electron chi connectivity index (χ2n) is 5.06. The predicted octanol–water partition coefficient (Wildman–Crippen LogP) is 2.40. The number of aryl methyl sites for hydroxylation is 2. The first-order valence-corrected chi connectivity index (χ1v) is 8.35. The van der Waals surface area contributed by atoms with Gasteiger partial charge in [0.25, 0.3) is 15.9 Å². The fourth-order valence-electron chi connectivity index (χ4n) is 1.96. The van der Waals surface area contributed by atoms with Crippen LogP contribution in [0.4, 0.5) is 5.69 Å². The molecule has 6 nitrogen and oxygen atoms in total. The Labute approximate surface area is 135 Å². The molecule has 2 aromatic carbocycles. The summed E-state index contributed by atoms with van der Waals surface area (Å²) in [5, 5.41) is 0. The van der Waals surface area contributed by atoms with E-state index in [0.717, 1.165) is 11.1 Å². The van der Waals surface area contributed by atoms with Crippen molar-refractivity contribution in [2.24, 2.45) is 0 Å². The van der Waals surface area contributed by atoms with Crippen LogP contribution in [0.3, 0.4) is 0 Å². The molecule has 0 unspecified atom stereocenters. The second-order valence-corrected chi connectivity index (χ2v) is 6.75. The number of sulfonamides is 1. The largest absolute Gasteiger partial charge is 0.280 e. The molecule has 122 valence electrons. The first-order valence-electron chi connectivity index (χ1n) is 6.87. The van der Waals surface area contributed by atoms with Crippen LogP contribution in [0.1, 0.15) is 21.5 Å². The number of hydrogen-bond donors (Lipinski definition) is 2. The van der Waals surface area contributed by atoms with E-state index >= 15 is 0 Å². The lowest BCUT2D eigenvalue weighted by molar-refractivity contribution is 0.0537. The number of anilines is 1. The molecule has 2 rings (SSSR count). The topological polar surface area (TPSA) is 84.5 Å². The smallest absolute Gasteiger partial charge is 0.274 e. The molecule has 0 aromatic heterocycles. The molecule has 0 aliphatic rings. The lowest BCUT2D eigenvalue weighted by Crippen LogP contribution is -2.21. The first-order chi connectivity index (χ1) is 10.8. The van der Waals surface area contributed by atoms with Crippen molar-refractivity contribution in [2.45, 2.75) is 18.7 Å². The maximum atomic E-state index is 12.4. The average molecular weight is 334 g/mol. The van der Waals surface area contributed by atoms with Crippen LogP contribution in [-0.4, -0.2) is 21.4 Å². The van der Waals surface area contributed by atoms with Gasteiger partial charge in [0.1, 0.15) is 0 Å². The number of hydrogen-bond acceptors (Lipinski definition) is 4. The molecule has 0 saturated carbocycles. The lowest BCUT2D eigenvalue weighted by atomic mass is 10.1. The van der Waals surface area contributed by atoms with E-state index in [1.54, 1.807) is 12.1 Å². The molecule has 0 radical (unpaired) electrons. The van der Waals surface area contributed by atoms with Crippen molar-refractivity contribution in [2.75, 3.05) is 11.8 Å². The Kier molecular flexibility index (Phi) is 5.02. The fraction of sp³-hybridized carbons (Fsp3) is 0.188. The summed E-state index contributed by atoms with van der Waals surface area (Å²) in [6.07, 6.45) is 0. The number of amides is 1. The van der Waals surface area contributed by atoms with Gasteiger partial charge in [-0.3, -0.25) is 14.4 Å². The van der Waals surface area contributed by atoms with Crippen molar-refractivity contribution in [3.05, 3.63) is 59.2 Å². The van der Waals surface area contributed by atoms with Gasteiger partial charge in [-0.25, -0.2) is 13.9 Å². The molecule has 0 aliphatic heterocycles. The molecule has 0 fully saturated rings. The predicted molar refractivity (Wildman–Crippen MR) is 87.6 cm³/mol. The Morgan fingerprint density at radius 3 is 2.22 bits per heavy atom. The zero-order chi connectivity index (χ0) is 17.0. The van der Waals surface area contributed by atoms with E-state index in [9.17, 15) is 13.2 Å². The minimum Gasteiger partial charge on any atom is -0.280 e. The number of carbonyl (C=O) groups is 1. The van der Waals surface area contributed by atoms with E-state index in [2.05, 4.69) is 15.0 Å². The van der Waals surface area contributed by atoms with Gasteiger partial charge in [-0.2, -0.15) is 0 Å². The summed E-state index contributed by atoms with van der Waals surface area (Å²) >= 11 is 0. The molecule has 0 atom stereocenters. The minimum absolute atomic E-state index is 0.0738. The van der Waals surface area contributed by atoms with Crippen LogP contribution >= 0.6 is 0 Å². The molecule has 2 N–H and O–H groups in total. The third kappa shape index (κ3) is 4.08. The molecule has 0 bridgehead atoms. The minimum atomic E-state index is -3.71. The number of nitrogens with one attached hydrogen (secondary N) is 2. The standard InChI is InChI=1S/C16H18N2O4S/c1-11-4-7-14(10-12(11)2)18-23(20,21)15-8-5-13(6-9-15)16(19)17-22-3/h4-10,18H,1-3H3,(H,17,19). The Bertz CT molecular complexity index is 814. The van der Waals surface area contributed by atoms with Gasteiger partial charge in [0.15, 0.2) is 0 Å². The van der Waals surface area contributed by atoms with Crippen LogP contribution in [0.2, 0.25) is 0 Å². The monoisotopic (exact) mass is 334 g/mol. The summed E-state index contributed by atoms with van der Waals surface area (Å²) in [7, 11) is -2.39. The number of carbonyl (C=O) groups excluding carboxylic acids is 1. The molecule has 2 aromatic rings. The molecule has 0 heterocycles. The van der Waals surface area contributed by atoms with Gasteiger partial charge in [-0.05, 0) is 61.4 Å². The molecular formula is C16H18N2O4S. The summed E-state index contributed by atoms with van der Waals surface area (Å²) in [5.74, 6) is -0.446. The van der Waals surface area contributed by atoms with Crippen LogP contribution in [-0.2, 0) is 14.9 Å². The van der Waals surface area contributed by atoms with Crippen LogP contribution in [0.25, 0.3) is 0 Å². The van der Waals surface area contributed by atoms with Crippen molar-refractivity contribution in [1.29, 1.82) is 0 Å². The molecule has 0 saturated heterocycles. The summed E-state index contributed by atoms with van der Waals surface area (Å²) < 4.78 is 27.3. The highest BCUT2D eigenvalue weighted by Crippen LogP contribution is 2.19. The third-order valence-corrected chi connectivity index (χ3v) is 4.78. The van der Waals surface area contributed by atoms with Crippen LogP contribution < -0.4 is 10.2 Å². The average Bonchev–Trinajstić information content (AvgIpc) is 2.51. The van der Waals surface area contributed by atoms with Gasteiger partial charge in [0.05, 0.1) is 12.0 Å². The van der Waals surface area contributed by atoms with Crippen molar-refractivity contribution in [1.82, 2.24) is 5.48 Å². The van der Waals surface area contributed by atoms with E-state index in [1.807, 2.05) is 19.9 Å². The fourth-order valence-corrected chi connectivity index (χ4v) is 3.01. The van der Waals surface area contributed by atoms with Crippen molar-refractivity contribution in [3.8, 4) is 0 Å². The van der Waals surface area contributed by atoms with Gasteiger partial charge in [0.2, 0.25) is 0 Å². The molecule has 0 aliphatic carbocycles. The molecule has 1 amide bonds. The normalized spacial score (nSPS) is 11.1. The highest BCUT2D eigenvalue weighted by atomic mass is 32.2. The number of benzene rings is 2. The van der Waals surface area contributed by atoms with Crippen LogP contribution in [0, 0.1) is 13.8 Å². The lowest BCUT2D eigenvalue weighted by Gasteiger charge is -2.10. The van der Waals surface area contributed by atoms with Gasteiger partial charge < -0.3 is 0 Å². The van der Waals surface area contributed by atoms with Gasteiger partial charge in [-0.15, -0.1) is 0 Å². The van der Waals surface area contributed by atoms with E-state index in [1.165, 1.54) is 31.4 Å². The van der Waals surface area contributed by atoms with Crippen LogP contribution in [0.15, 0.2) is 47.4 Å². The molecule has 7 heteroatoms. The van der Waals surface area contributed by atoms with Crippen LogP contribution in [0.5, 0.6) is 0 Å². The quantitative estimate of drug-likeness (QED) is 0.822. The van der Waals surface area contributed by atoms with E-state index in [0.29, 0.717) is 11.3 Å². The van der Waals surface area contributed by atoms with Gasteiger partial charge in [-0.1, -0.05) is 6.07 Å². The first kappa shape index (κ1) is 17.0. The maximum absolute atomic E-state index is 12.4. The molecule has 0 spiro atoms. The third-order valence-electron chi connectivity index (χ3n) is 3.38. The highest BCUT2D eigenvalue weighted by Gasteiger charge is 2.15. The Morgan fingerprint density at radius 2 is 1.65 bits per heavy atom. The van der Waals surface area contributed by atoms with Crippen molar-refractivity contribution < 1.29 is 18.0 Å². The summed E-state index contributed by atoms with van der Waals surface area (Å²) in [6.45, 7) is 3.87.